The quantitative estimate of drug-likeness (QED) is 0.797. The van der Waals surface area contributed by atoms with Crippen LogP contribution in [0.3, 0.4) is 0 Å². The Morgan fingerprint density at radius 3 is 2.23 bits per heavy atom. The molecular formula is C20H21OS+. The van der Waals surface area contributed by atoms with Crippen LogP contribution in [0.4, 0.5) is 0 Å². The highest BCUT2D eigenvalue weighted by molar-refractivity contribution is 7.97. The van der Waals surface area contributed by atoms with Gasteiger partial charge in [0, 0.05) is 18.6 Å². The number of benzene rings is 2. The Labute approximate surface area is 135 Å². The number of hydrogen-bond acceptors (Lipinski definition) is 1. The molecule has 1 aliphatic rings. The number of allylic oxidation sites excluding steroid dienone is 3. The van der Waals surface area contributed by atoms with Crippen molar-refractivity contribution in [2.45, 2.75) is 35.3 Å². The number of phenols is 1. The number of phenolic OH excluding ortho intramolecular Hbond substituents is 1. The minimum absolute atomic E-state index is 0.0157. The van der Waals surface area contributed by atoms with Crippen molar-refractivity contribution in [2.24, 2.45) is 0 Å². The first-order chi connectivity index (χ1) is 10.7. The largest absolute Gasteiger partial charge is 0.507 e. The summed E-state index contributed by atoms with van der Waals surface area (Å²) in [5.41, 5.74) is 1.91. The van der Waals surface area contributed by atoms with Gasteiger partial charge in [-0.25, -0.2) is 0 Å². The van der Waals surface area contributed by atoms with Crippen molar-refractivity contribution in [3.05, 3.63) is 77.9 Å². The fourth-order valence-corrected chi connectivity index (χ4v) is 5.41. The lowest BCUT2D eigenvalue weighted by atomic mass is 10.1. The normalized spacial score (nSPS) is 18.4. The molecule has 112 valence electrons. The second-order valence-corrected chi connectivity index (χ2v) is 7.87. The molecule has 0 saturated carbocycles. The molecular weight excluding hydrogens is 288 g/mol. The summed E-state index contributed by atoms with van der Waals surface area (Å²) in [7, 11) is -0.0157. The first kappa shape index (κ1) is 15.0. The van der Waals surface area contributed by atoms with Gasteiger partial charge in [0.05, 0.1) is 10.9 Å². The third-order valence-corrected chi connectivity index (χ3v) is 6.44. The fraction of sp³-hybridized carbons (Fsp3) is 0.200. The first-order valence-electron chi connectivity index (χ1n) is 7.58. The zero-order chi connectivity index (χ0) is 15.5. The van der Waals surface area contributed by atoms with Gasteiger partial charge in [0.2, 0.25) is 0 Å². The minimum Gasteiger partial charge on any atom is -0.507 e. The lowest BCUT2D eigenvalue weighted by Gasteiger charge is -2.17. The molecule has 0 amide bonds. The van der Waals surface area contributed by atoms with Crippen LogP contribution in [0.2, 0.25) is 0 Å². The molecule has 1 aliphatic carbocycles. The zero-order valence-corrected chi connectivity index (χ0v) is 13.8. The van der Waals surface area contributed by atoms with E-state index in [-0.39, 0.29) is 10.9 Å². The SMILES string of the molecule is Cc1cc([S+](c2ccccc2)C2C=CC=CC2)cc(C)c1O. The summed E-state index contributed by atoms with van der Waals surface area (Å²) in [6, 6.07) is 15.0. The molecule has 1 N–H and O–H groups in total. The molecule has 22 heavy (non-hydrogen) atoms. The number of aromatic hydroxyl groups is 1. The van der Waals surface area contributed by atoms with Crippen LogP contribution < -0.4 is 0 Å². The van der Waals surface area contributed by atoms with E-state index in [0.29, 0.717) is 11.0 Å². The van der Waals surface area contributed by atoms with Crippen LogP contribution in [0.25, 0.3) is 0 Å². The molecule has 0 bridgehead atoms. The Kier molecular flexibility index (Phi) is 4.39. The van der Waals surface area contributed by atoms with Crippen LogP contribution in [0.1, 0.15) is 17.5 Å². The van der Waals surface area contributed by atoms with Gasteiger partial charge in [-0.2, -0.15) is 0 Å². The fourth-order valence-electron chi connectivity index (χ4n) is 2.83. The van der Waals surface area contributed by atoms with Crippen molar-refractivity contribution in [2.75, 3.05) is 0 Å². The van der Waals surface area contributed by atoms with Crippen LogP contribution in [0.5, 0.6) is 5.75 Å². The van der Waals surface area contributed by atoms with E-state index in [4.69, 9.17) is 0 Å². The standard InChI is InChI=1S/C20H20OS/c1-15-13-19(14-16(2)20(15)21)22(17-9-5-3-6-10-17)18-11-7-4-8-12-18/h3-11,13-14,18H,12H2,1-2H3/p+1. The van der Waals surface area contributed by atoms with E-state index in [2.05, 4.69) is 66.8 Å². The Hall–Kier alpha value is -1.93. The van der Waals surface area contributed by atoms with Gasteiger partial charge in [0.25, 0.3) is 0 Å². The van der Waals surface area contributed by atoms with Crippen LogP contribution in [0, 0.1) is 13.8 Å². The van der Waals surface area contributed by atoms with Gasteiger partial charge in [0.15, 0.2) is 15.0 Å². The highest BCUT2D eigenvalue weighted by Crippen LogP contribution is 2.35. The Morgan fingerprint density at radius 1 is 0.955 bits per heavy atom. The Morgan fingerprint density at radius 2 is 1.64 bits per heavy atom. The highest BCUT2D eigenvalue weighted by atomic mass is 32.2. The van der Waals surface area contributed by atoms with E-state index >= 15 is 0 Å². The molecule has 2 heteroatoms. The third-order valence-electron chi connectivity index (χ3n) is 3.96. The van der Waals surface area contributed by atoms with Crippen molar-refractivity contribution in [3.63, 3.8) is 0 Å². The van der Waals surface area contributed by atoms with E-state index in [9.17, 15) is 5.11 Å². The molecule has 2 aromatic rings. The molecule has 3 rings (SSSR count). The van der Waals surface area contributed by atoms with E-state index < -0.39 is 0 Å². The summed E-state index contributed by atoms with van der Waals surface area (Å²) in [6.07, 6.45) is 9.89. The second kappa shape index (κ2) is 6.45. The van der Waals surface area contributed by atoms with Crippen LogP contribution in [0.15, 0.2) is 76.6 Å². The van der Waals surface area contributed by atoms with Gasteiger partial charge in [-0.1, -0.05) is 36.4 Å². The zero-order valence-electron chi connectivity index (χ0n) is 13.0. The minimum atomic E-state index is -0.0157. The van der Waals surface area contributed by atoms with E-state index in [1.54, 1.807) is 0 Å². The first-order valence-corrected chi connectivity index (χ1v) is 8.87. The molecule has 0 radical (unpaired) electrons. The van der Waals surface area contributed by atoms with Crippen molar-refractivity contribution in [1.82, 2.24) is 0 Å². The van der Waals surface area contributed by atoms with Crippen LogP contribution in [-0.4, -0.2) is 10.4 Å². The lowest BCUT2D eigenvalue weighted by molar-refractivity contribution is 0.466. The van der Waals surface area contributed by atoms with E-state index in [1.807, 2.05) is 13.8 Å². The molecule has 0 heterocycles. The third kappa shape index (κ3) is 2.97. The smallest absolute Gasteiger partial charge is 0.162 e. The number of hydrogen-bond donors (Lipinski definition) is 1. The summed E-state index contributed by atoms with van der Waals surface area (Å²) in [4.78, 5) is 2.67. The highest BCUT2D eigenvalue weighted by Gasteiger charge is 2.34. The van der Waals surface area contributed by atoms with Gasteiger partial charge in [-0.3, -0.25) is 0 Å². The summed E-state index contributed by atoms with van der Waals surface area (Å²) in [6.45, 7) is 3.96. The van der Waals surface area contributed by atoms with Gasteiger partial charge < -0.3 is 5.11 Å². The molecule has 2 atom stereocenters. The molecule has 2 aromatic carbocycles. The summed E-state index contributed by atoms with van der Waals surface area (Å²) in [5, 5.41) is 10.6. The van der Waals surface area contributed by atoms with Crippen molar-refractivity contribution >= 4 is 10.9 Å². The topological polar surface area (TPSA) is 20.2 Å². The van der Waals surface area contributed by atoms with Crippen molar-refractivity contribution < 1.29 is 5.11 Å². The number of rotatable bonds is 3. The molecule has 0 fully saturated rings. The van der Waals surface area contributed by atoms with Crippen molar-refractivity contribution in [3.8, 4) is 5.75 Å². The van der Waals surface area contributed by atoms with Gasteiger partial charge in [-0.15, -0.1) is 0 Å². The van der Waals surface area contributed by atoms with Gasteiger partial charge >= 0.3 is 0 Å². The van der Waals surface area contributed by atoms with Crippen LogP contribution >= 0.6 is 0 Å². The molecule has 0 aliphatic heterocycles. The van der Waals surface area contributed by atoms with E-state index in [1.165, 1.54) is 9.79 Å². The molecule has 0 spiro atoms. The summed E-state index contributed by atoms with van der Waals surface area (Å²) < 4.78 is 0. The van der Waals surface area contributed by atoms with Gasteiger partial charge in [0.1, 0.15) is 5.75 Å². The van der Waals surface area contributed by atoms with Crippen molar-refractivity contribution in [1.29, 1.82) is 0 Å². The monoisotopic (exact) mass is 309 g/mol. The maximum absolute atomic E-state index is 10.1. The molecule has 2 unspecified atom stereocenters. The second-order valence-electron chi connectivity index (χ2n) is 5.64. The predicted octanol–water partition coefficient (Wildman–Crippen LogP) is 4.93. The van der Waals surface area contributed by atoms with Gasteiger partial charge in [-0.05, 0) is 43.2 Å². The maximum atomic E-state index is 10.1. The summed E-state index contributed by atoms with van der Waals surface area (Å²) in [5.74, 6) is 0.416. The lowest BCUT2D eigenvalue weighted by Crippen LogP contribution is -2.21. The van der Waals surface area contributed by atoms with E-state index in [0.717, 1.165) is 17.5 Å². The number of aryl methyl sites for hydroxylation is 2. The maximum Gasteiger partial charge on any atom is 0.162 e. The predicted molar refractivity (Wildman–Crippen MR) is 94.6 cm³/mol. The Balaban J connectivity index is 2.09. The molecule has 0 saturated heterocycles. The molecule has 0 aromatic heterocycles. The Bertz CT molecular complexity index is 693. The average Bonchev–Trinajstić information content (AvgIpc) is 2.55. The van der Waals surface area contributed by atoms with Crippen LogP contribution in [-0.2, 0) is 10.9 Å². The molecule has 1 nitrogen and oxygen atoms in total. The average molecular weight is 309 g/mol. The summed E-state index contributed by atoms with van der Waals surface area (Å²) >= 11 is 0.